The molecular weight excluding hydrogens is 427 g/mol. The van der Waals surface area contributed by atoms with Crippen molar-refractivity contribution >= 4 is 29.3 Å². The molecule has 0 radical (unpaired) electrons. The molecule has 0 unspecified atom stereocenters. The number of benzene rings is 3. The minimum Gasteiger partial charge on any atom is -0.434 e. The maximum atomic E-state index is 13.2. The predicted octanol–water partition coefficient (Wildman–Crippen LogP) is 5.18. The normalized spacial score (nSPS) is 10.2. The van der Waals surface area contributed by atoms with Crippen LogP contribution in [0.3, 0.4) is 0 Å². The zero-order chi connectivity index (χ0) is 23.6. The Labute approximate surface area is 190 Å². The lowest BCUT2D eigenvalue weighted by Crippen LogP contribution is -2.14. The van der Waals surface area contributed by atoms with Gasteiger partial charge in [0.2, 0.25) is 5.91 Å². The SMILES string of the molecule is CCOC(=O)Oc1ccc(C(=O)Nc2cccc(NC(=O)CCc3cccc(F)c3)c2)cc1. The van der Waals surface area contributed by atoms with E-state index in [4.69, 9.17) is 9.47 Å². The number of carbonyl (C=O) groups excluding carboxylic acids is 3. The van der Waals surface area contributed by atoms with Crippen LogP contribution in [-0.2, 0) is 16.0 Å². The van der Waals surface area contributed by atoms with Gasteiger partial charge in [0.25, 0.3) is 5.91 Å². The first-order valence-corrected chi connectivity index (χ1v) is 10.3. The van der Waals surface area contributed by atoms with Gasteiger partial charge < -0.3 is 20.1 Å². The molecule has 3 aromatic rings. The molecular formula is C25H23FN2O5. The number of nitrogens with one attached hydrogen (secondary N) is 2. The average molecular weight is 450 g/mol. The molecule has 8 heteroatoms. The predicted molar refractivity (Wildman–Crippen MR) is 122 cm³/mol. The van der Waals surface area contributed by atoms with E-state index < -0.39 is 6.16 Å². The van der Waals surface area contributed by atoms with E-state index in [-0.39, 0.29) is 36.4 Å². The molecule has 3 rings (SSSR count). The first kappa shape index (κ1) is 23.5. The summed E-state index contributed by atoms with van der Waals surface area (Å²) in [4.78, 5) is 36.1. The number of hydrogen-bond acceptors (Lipinski definition) is 5. The van der Waals surface area contributed by atoms with E-state index in [1.54, 1.807) is 43.3 Å². The van der Waals surface area contributed by atoms with Gasteiger partial charge in [-0.3, -0.25) is 9.59 Å². The Morgan fingerprint density at radius 3 is 2.27 bits per heavy atom. The molecule has 0 fully saturated rings. The van der Waals surface area contributed by atoms with Crippen molar-refractivity contribution in [2.45, 2.75) is 19.8 Å². The van der Waals surface area contributed by atoms with Gasteiger partial charge in [-0.1, -0.05) is 18.2 Å². The molecule has 0 saturated carbocycles. The number of ether oxygens (including phenoxy) is 2. The number of aryl methyl sites for hydroxylation is 1. The summed E-state index contributed by atoms with van der Waals surface area (Å²) < 4.78 is 22.9. The van der Waals surface area contributed by atoms with Gasteiger partial charge in [0, 0.05) is 23.4 Å². The lowest BCUT2D eigenvalue weighted by molar-refractivity contribution is -0.116. The fourth-order valence-corrected chi connectivity index (χ4v) is 2.97. The van der Waals surface area contributed by atoms with E-state index in [0.29, 0.717) is 23.4 Å². The third-order valence-corrected chi connectivity index (χ3v) is 4.51. The molecule has 0 aliphatic heterocycles. The molecule has 0 saturated heterocycles. The highest BCUT2D eigenvalue weighted by atomic mass is 19.1. The summed E-state index contributed by atoms with van der Waals surface area (Å²) in [6, 6.07) is 18.9. The van der Waals surface area contributed by atoms with E-state index in [9.17, 15) is 18.8 Å². The van der Waals surface area contributed by atoms with Gasteiger partial charge in [-0.05, 0) is 73.5 Å². The monoisotopic (exact) mass is 450 g/mol. The lowest BCUT2D eigenvalue weighted by atomic mass is 10.1. The highest BCUT2D eigenvalue weighted by molar-refractivity contribution is 6.04. The molecule has 0 aromatic heterocycles. The topological polar surface area (TPSA) is 93.7 Å². The zero-order valence-electron chi connectivity index (χ0n) is 18.0. The molecule has 0 aliphatic carbocycles. The van der Waals surface area contributed by atoms with Crippen LogP contribution in [0, 0.1) is 5.82 Å². The lowest BCUT2D eigenvalue weighted by Gasteiger charge is -2.10. The smallest absolute Gasteiger partial charge is 0.434 e. The second kappa shape index (κ2) is 11.4. The van der Waals surface area contributed by atoms with Crippen molar-refractivity contribution in [3.63, 3.8) is 0 Å². The number of amides is 2. The van der Waals surface area contributed by atoms with E-state index in [1.165, 1.54) is 36.4 Å². The Hall–Kier alpha value is -4.20. The van der Waals surface area contributed by atoms with Crippen LogP contribution in [0.2, 0.25) is 0 Å². The van der Waals surface area contributed by atoms with Crippen molar-refractivity contribution in [3.05, 3.63) is 89.7 Å². The van der Waals surface area contributed by atoms with Crippen molar-refractivity contribution in [3.8, 4) is 5.75 Å². The molecule has 0 aliphatic rings. The molecule has 7 nitrogen and oxygen atoms in total. The second-order valence-electron chi connectivity index (χ2n) is 7.02. The number of hydrogen-bond donors (Lipinski definition) is 2. The van der Waals surface area contributed by atoms with Gasteiger partial charge in [0.1, 0.15) is 11.6 Å². The first-order chi connectivity index (χ1) is 15.9. The van der Waals surface area contributed by atoms with Gasteiger partial charge >= 0.3 is 6.16 Å². The number of rotatable bonds is 8. The summed E-state index contributed by atoms with van der Waals surface area (Å²) in [5.74, 6) is -0.669. The van der Waals surface area contributed by atoms with Crippen LogP contribution in [0.1, 0.15) is 29.3 Å². The fraction of sp³-hybridized carbons (Fsp3) is 0.160. The summed E-state index contributed by atoms with van der Waals surface area (Å²) >= 11 is 0. The molecule has 0 bridgehead atoms. The Kier molecular flexibility index (Phi) is 8.13. The van der Waals surface area contributed by atoms with Crippen LogP contribution in [0.25, 0.3) is 0 Å². The zero-order valence-corrected chi connectivity index (χ0v) is 18.0. The summed E-state index contributed by atoms with van der Waals surface area (Å²) in [5, 5.41) is 5.52. The Morgan fingerprint density at radius 1 is 0.879 bits per heavy atom. The van der Waals surface area contributed by atoms with Crippen molar-refractivity contribution in [2.75, 3.05) is 17.2 Å². The molecule has 2 N–H and O–H groups in total. The first-order valence-electron chi connectivity index (χ1n) is 10.3. The third kappa shape index (κ3) is 7.46. The Balaban J connectivity index is 1.54. The van der Waals surface area contributed by atoms with E-state index >= 15 is 0 Å². The van der Waals surface area contributed by atoms with Crippen LogP contribution in [-0.4, -0.2) is 24.6 Å². The van der Waals surface area contributed by atoms with Gasteiger partial charge in [-0.15, -0.1) is 0 Å². The minimum atomic E-state index is -0.815. The molecule has 2 amide bonds. The Morgan fingerprint density at radius 2 is 1.58 bits per heavy atom. The summed E-state index contributed by atoms with van der Waals surface area (Å²) in [5.41, 5.74) is 2.12. The van der Waals surface area contributed by atoms with Gasteiger partial charge in [-0.2, -0.15) is 0 Å². The van der Waals surface area contributed by atoms with Crippen LogP contribution in [0.4, 0.5) is 20.6 Å². The van der Waals surface area contributed by atoms with Crippen molar-refractivity contribution in [1.29, 1.82) is 0 Å². The average Bonchev–Trinajstić information content (AvgIpc) is 2.78. The summed E-state index contributed by atoms with van der Waals surface area (Å²) in [6.45, 7) is 1.87. The Bertz CT molecular complexity index is 1130. The number of carbonyl (C=O) groups is 3. The van der Waals surface area contributed by atoms with Gasteiger partial charge in [-0.25, -0.2) is 9.18 Å². The van der Waals surface area contributed by atoms with Crippen LogP contribution >= 0.6 is 0 Å². The molecule has 0 heterocycles. The quantitative estimate of drug-likeness (QED) is 0.364. The van der Waals surface area contributed by atoms with E-state index in [2.05, 4.69) is 10.6 Å². The molecule has 170 valence electrons. The maximum absolute atomic E-state index is 13.2. The van der Waals surface area contributed by atoms with E-state index in [1.807, 2.05) is 0 Å². The number of anilines is 2. The highest BCUT2D eigenvalue weighted by Crippen LogP contribution is 2.18. The van der Waals surface area contributed by atoms with E-state index in [0.717, 1.165) is 5.56 Å². The third-order valence-electron chi connectivity index (χ3n) is 4.51. The molecule has 3 aromatic carbocycles. The van der Waals surface area contributed by atoms with Crippen molar-refractivity contribution < 1.29 is 28.2 Å². The fourth-order valence-electron chi connectivity index (χ4n) is 2.97. The highest BCUT2D eigenvalue weighted by Gasteiger charge is 2.10. The van der Waals surface area contributed by atoms with Crippen LogP contribution < -0.4 is 15.4 Å². The molecule has 33 heavy (non-hydrogen) atoms. The summed E-state index contributed by atoms with van der Waals surface area (Å²) in [7, 11) is 0. The van der Waals surface area contributed by atoms with Crippen molar-refractivity contribution in [2.24, 2.45) is 0 Å². The van der Waals surface area contributed by atoms with Gasteiger partial charge in [0.15, 0.2) is 0 Å². The minimum absolute atomic E-state index is 0.195. The summed E-state index contributed by atoms with van der Waals surface area (Å²) in [6.07, 6.45) is -0.208. The standard InChI is InChI=1S/C25H23FN2O5/c1-2-32-25(31)33-22-12-10-18(11-13-22)24(30)28-21-8-4-7-20(16-21)27-23(29)14-9-17-5-3-6-19(26)15-17/h3-8,10-13,15-16H,2,9,14H2,1H3,(H,27,29)(H,28,30). The van der Waals surface area contributed by atoms with Gasteiger partial charge in [0.05, 0.1) is 6.61 Å². The molecule has 0 spiro atoms. The van der Waals surface area contributed by atoms with Crippen molar-refractivity contribution in [1.82, 2.24) is 0 Å². The molecule has 0 atom stereocenters. The van der Waals surface area contributed by atoms with Crippen LogP contribution in [0.15, 0.2) is 72.8 Å². The largest absolute Gasteiger partial charge is 0.513 e. The number of halogens is 1. The van der Waals surface area contributed by atoms with Crippen LogP contribution in [0.5, 0.6) is 5.75 Å². The second-order valence-corrected chi connectivity index (χ2v) is 7.02. The maximum Gasteiger partial charge on any atom is 0.513 e.